The van der Waals surface area contributed by atoms with Gasteiger partial charge in [0.25, 0.3) is 0 Å². The molecule has 0 aromatic rings. The topological polar surface area (TPSA) is 80.3 Å². The number of aliphatic carboxylic acids is 2. The van der Waals surface area contributed by atoms with Crippen molar-refractivity contribution in [2.45, 2.75) is 90.4 Å². The van der Waals surface area contributed by atoms with Gasteiger partial charge in [-0.25, -0.2) is 0 Å². The molecule has 0 rings (SSSR count). The van der Waals surface area contributed by atoms with E-state index in [1.54, 1.807) is 6.08 Å². The summed E-state index contributed by atoms with van der Waals surface area (Å²) in [6.45, 7) is 2.23. The van der Waals surface area contributed by atoms with E-state index in [2.05, 4.69) is 6.92 Å². The van der Waals surface area contributed by atoms with Gasteiger partial charge in [-0.2, -0.15) is 0 Å². The molecular formula is C19H32Na2O4. The van der Waals surface area contributed by atoms with E-state index >= 15 is 0 Å². The molecule has 0 N–H and O–H groups in total. The molecule has 0 spiro atoms. The first kappa shape index (κ1) is 30.4. The van der Waals surface area contributed by atoms with E-state index in [1.807, 2.05) is 6.08 Å². The van der Waals surface area contributed by atoms with Gasteiger partial charge in [0.05, 0.1) is 0 Å². The van der Waals surface area contributed by atoms with Crippen LogP contribution in [-0.2, 0) is 9.59 Å². The van der Waals surface area contributed by atoms with Gasteiger partial charge < -0.3 is 19.8 Å². The van der Waals surface area contributed by atoms with Crippen molar-refractivity contribution >= 4 is 11.9 Å². The standard InChI is InChI=1S/C19H34O4.2Na/c1-2-3-4-5-6-7-8-9-10-11-12-13-14-15-17(19(22)23)16-18(20)21;;/h13-14,17H,2-12,15-16H2,1H3,(H,20,21)(H,22,23);;/q;2*+1/p-2. The molecule has 6 heteroatoms. The monoisotopic (exact) mass is 370 g/mol. The summed E-state index contributed by atoms with van der Waals surface area (Å²) in [5.41, 5.74) is 0. The Bertz CT molecular complexity index is 346. The number of hydrogen-bond donors (Lipinski definition) is 0. The summed E-state index contributed by atoms with van der Waals surface area (Å²) < 4.78 is 0. The number of hydrogen-bond acceptors (Lipinski definition) is 4. The van der Waals surface area contributed by atoms with Crippen molar-refractivity contribution in [2.75, 3.05) is 0 Å². The van der Waals surface area contributed by atoms with Crippen LogP contribution in [0, 0.1) is 5.92 Å². The van der Waals surface area contributed by atoms with Gasteiger partial charge in [0.1, 0.15) is 0 Å². The van der Waals surface area contributed by atoms with Crippen LogP contribution in [0.2, 0.25) is 0 Å². The second-order valence-corrected chi connectivity index (χ2v) is 6.27. The fraction of sp³-hybridized carbons (Fsp3) is 0.789. The molecule has 0 saturated heterocycles. The van der Waals surface area contributed by atoms with E-state index in [-0.39, 0.29) is 65.5 Å². The second kappa shape index (κ2) is 22.7. The summed E-state index contributed by atoms with van der Waals surface area (Å²) in [7, 11) is 0. The number of carbonyl (C=O) groups excluding carboxylic acids is 2. The molecule has 0 amide bonds. The first-order chi connectivity index (χ1) is 11.1. The summed E-state index contributed by atoms with van der Waals surface area (Å²) in [5.74, 6) is -3.65. The minimum Gasteiger partial charge on any atom is -0.550 e. The van der Waals surface area contributed by atoms with Crippen molar-refractivity contribution in [3.63, 3.8) is 0 Å². The Morgan fingerprint density at radius 1 is 0.800 bits per heavy atom. The minimum absolute atomic E-state index is 0. The van der Waals surface area contributed by atoms with Crippen molar-refractivity contribution in [2.24, 2.45) is 5.92 Å². The van der Waals surface area contributed by atoms with E-state index in [0.717, 1.165) is 12.8 Å². The second-order valence-electron chi connectivity index (χ2n) is 6.27. The molecule has 1 atom stereocenters. The van der Waals surface area contributed by atoms with Gasteiger partial charge in [-0.1, -0.05) is 76.9 Å². The third-order valence-electron chi connectivity index (χ3n) is 4.06. The number of carboxylic acid groups (broad SMARTS) is 2. The molecule has 0 bridgehead atoms. The molecule has 25 heavy (non-hydrogen) atoms. The maximum absolute atomic E-state index is 10.7. The summed E-state index contributed by atoms with van der Waals surface area (Å²) in [6.07, 6.45) is 17.2. The van der Waals surface area contributed by atoms with Crippen LogP contribution in [0.3, 0.4) is 0 Å². The molecule has 0 aromatic heterocycles. The third-order valence-corrected chi connectivity index (χ3v) is 4.06. The minimum atomic E-state index is -1.35. The molecule has 0 aliphatic heterocycles. The molecule has 134 valence electrons. The summed E-state index contributed by atoms with van der Waals surface area (Å²) in [4.78, 5) is 21.2. The molecule has 1 unspecified atom stereocenters. The fourth-order valence-corrected chi connectivity index (χ4v) is 2.59. The van der Waals surface area contributed by atoms with Crippen LogP contribution >= 0.6 is 0 Å². The van der Waals surface area contributed by atoms with Gasteiger partial charge >= 0.3 is 59.1 Å². The Morgan fingerprint density at radius 2 is 1.28 bits per heavy atom. The Kier molecular flexibility index (Phi) is 27.6. The number of carbonyl (C=O) groups is 2. The number of rotatable bonds is 16. The van der Waals surface area contributed by atoms with Crippen LogP contribution in [0.15, 0.2) is 12.2 Å². The Morgan fingerprint density at radius 3 is 1.72 bits per heavy atom. The van der Waals surface area contributed by atoms with Crippen LogP contribution < -0.4 is 69.3 Å². The largest absolute Gasteiger partial charge is 1.00 e. The van der Waals surface area contributed by atoms with Crippen LogP contribution in [0.25, 0.3) is 0 Å². The van der Waals surface area contributed by atoms with E-state index in [0.29, 0.717) is 0 Å². The fourth-order valence-electron chi connectivity index (χ4n) is 2.59. The first-order valence-electron chi connectivity index (χ1n) is 9.13. The SMILES string of the molecule is CCCCCCCCCCCCC=CCC(CC(=O)[O-])C(=O)[O-].[Na+].[Na+]. The van der Waals surface area contributed by atoms with Gasteiger partial charge in [0.15, 0.2) is 0 Å². The normalized spacial score (nSPS) is 11.6. The van der Waals surface area contributed by atoms with Crippen molar-refractivity contribution in [3.05, 3.63) is 12.2 Å². The third kappa shape index (κ3) is 22.6. The molecule has 0 fully saturated rings. The van der Waals surface area contributed by atoms with Gasteiger partial charge in [-0.3, -0.25) is 0 Å². The van der Waals surface area contributed by atoms with E-state index in [1.165, 1.54) is 57.8 Å². The van der Waals surface area contributed by atoms with Crippen LogP contribution in [0.5, 0.6) is 0 Å². The zero-order valence-corrected chi connectivity index (χ0v) is 20.6. The molecule has 0 aliphatic carbocycles. The summed E-state index contributed by atoms with van der Waals surface area (Å²) in [5, 5.41) is 21.2. The number of unbranched alkanes of at least 4 members (excludes halogenated alkanes) is 10. The number of carboxylic acids is 2. The van der Waals surface area contributed by atoms with Gasteiger partial charge in [-0.05, 0) is 25.7 Å². The average molecular weight is 370 g/mol. The van der Waals surface area contributed by atoms with Crippen molar-refractivity contribution in [1.29, 1.82) is 0 Å². The number of allylic oxidation sites excluding steroid dienone is 2. The Balaban J connectivity index is -0.00000242. The zero-order valence-electron chi connectivity index (χ0n) is 16.6. The summed E-state index contributed by atoms with van der Waals surface area (Å²) in [6, 6.07) is 0. The van der Waals surface area contributed by atoms with Crippen LogP contribution in [0.1, 0.15) is 90.4 Å². The average Bonchev–Trinajstić information content (AvgIpc) is 2.50. The first-order valence-corrected chi connectivity index (χ1v) is 9.13. The molecular weight excluding hydrogens is 338 g/mol. The van der Waals surface area contributed by atoms with Crippen molar-refractivity contribution < 1.29 is 78.9 Å². The maximum Gasteiger partial charge on any atom is 1.00 e. The maximum atomic E-state index is 10.7. The van der Waals surface area contributed by atoms with Gasteiger partial charge in [0, 0.05) is 17.9 Å². The quantitative estimate of drug-likeness (QED) is 0.162. The molecule has 0 saturated carbocycles. The van der Waals surface area contributed by atoms with E-state index in [4.69, 9.17) is 0 Å². The molecule has 0 aliphatic rings. The van der Waals surface area contributed by atoms with E-state index < -0.39 is 24.3 Å². The Hall–Kier alpha value is 0.680. The molecule has 0 heterocycles. The van der Waals surface area contributed by atoms with Crippen LogP contribution in [0.4, 0.5) is 0 Å². The van der Waals surface area contributed by atoms with Gasteiger partial charge in [0.2, 0.25) is 0 Å². The van der Waals surface area contributed by atoms with Crippen molar-refractivity contribution in [1.82, 2.24) is 0 Å². The summed E-state index contributed by atoms with van der Waals surface area (Å²) >= 11 is 0. The smallest absolute Gasteiger partial charge is 0.550 e. The van der Waals surface area contributed by atoms with E-state index in [9.17, 15) is 19.8 Å². The zero-order chi connectivity index (χ0) is 17.3. The van der Waals surface area contributed by atoms with Crippen LogP contribution in [-0.4, -0.2) is 11.9 Å². The van der Waals surface area contributed by atoms with Gasteiger partial charge in [-0.15, -0.1) is 0 Å². The molecule has 0 aromatic carbocycles. The predicted molar refractivity (Wildman–Crippen MR) is 88.3 cm³/mol. The molecule has 0 radical (unpaired) electrons. The molecule has 4 nitrogen and oxygen atoms in total. The predicted octanol–water partition coefficient (Wildman–Crippen LogP) is -3.24. The Labute approximate surface area is 197 Å². The van der Waals surface area contributed by atoms with Crippen molar-refractivity contribution in [3.8, 4) is 0 Å².